The molecule has 1 aliphatic rings. The zero-order valence-corrected chi connectivity index (χ0v) is 9.65. The Morgan fingerprint density at radius 1 is 1.38 bits per heavy atom. The molecule has 0 saturated heterocycles. The SMILES string of the molecule is CN(c1ccc(C(N)=S)c(F)c1F)C1CC1. The second kappa shape index (κ2) is 3.97. The molecular formula is C11H12F2N2S. The van der Waals surface area contributed by atoms with Crippen LogP contribution in [-0.4, -0.2) is 18.1 Å². The quantitative estimate of drug-likeness (QED) is 0.824. The minimum Gasteiger partial charge on any atom is -0.389 e. The minimum atomic E-state index is -0.961. The van der Waals surface area contributed by atoms with Gasteiger partial charge in [-0.05, 0) is 25.0 Å². The predicted molar refractivity (Wildman–Crippen MR) is 63.7 cm³/mol. The summed E-state index contributed by atoms with van der Waals surface area (Å²) < 4.78 is 27.3. The molecule has 2 rings (SSSR count). The van der Waals surface area contributed by atoms with Crippen LogP contribution in [0.3, 0.4) is 0 Å². The monoisotopic (exact) mass is 242 g/mol. The molecule has 0 amide bonds. The maximum absolute atomic E-state index is 13.7. The van der Waals surface area contributed by atoms with Crippen LogP contribution in [0.2, 0.25) is 0 Å². The fourth-order valence-corrected chi connectivity index (χ4v) is 1.82. The van der Waals surface area contributed by atoms with E-state index >= 15 is 0 Å². The second-order valence-electron chi connectivity index (χ2n) is 3.97. The van der Waals surface area contributed by atoms with Crippen LogP contribution < -0.4 is 10.6 Å². The summed E-state index contributed by atoms with van der Waals surface area (Å²) in [5.74, 6) is -1.84. The van der Waals surface area contributed by atoms with Gasteiger partial charge in [-0.15, -0.1) is 0 Å². The number of anilines is 1. The number of hydrogen-bond donors (Lipinski definition) is 1. The molecule has 1 saturated carbocycles. The van der Waals surface area contributed by atoms with Crippen molar-refractivity contribution in [1.82, 2.24) is 0 Å². The van der Waals surface area contributed by atoms with Gasteiger partial charge in [-0.2, -0.15) is 0 Å². The highest BCUT2D eigenvalue weighted by molar-refractivity contribution is 7.80. The molecule has 1 aromatic rings. The number of halogens is 2. The first kappa shape index (κ1) is 11.3. The highest BCUT2D eigenvalue weighted by Gasteiger charge is 2.29. The first-order chi connectivity index (χ1) is 7.52. The molecule has 86 valence electrons. The first-order valence-electron chi connectivity index (χ1n) is 5.03. The van der Waals surface area contributed by atoms with Crippen molar-refractivity contribution < 1.29 is 8.78 Å². The van der Waals surface area contributed by atoms with Gasteiger partial charge < -0.3 is 10.6 Å². The molecule has 0 spiro atoms. The lowest BCUT2D eigenvalue weighted by Crippen LogP contribution is -2.22. The van der Waals surface area contributed by atoms with Gasteiger partial charge in [0.2, 0.25) is 0 Å². The Morgan fingerprint density at radius 3 is 2.50 bits per heavy atom. The summed E-state index contributed by atoms with van der Waals surface area (Å²) in [4.78, 5) is 1.62. The van der Waals surface area contributed by atoms with Gasteiger partial charge in [-0.1, -0.05) is 12.2 Å². The number of thiocarbonyl (C=S) groups is 1. The smallest absolute Gasteiger partial charge is 0.182 e. The van der Waals surface area contributed by atoms with E-state index in [1.54, 1.807) is 11.9 Å². The maximum Gasteiger partial charge on any atom is 0.182 e. The molecule has 0 unspecified atom stereocenters. The van der Waals surface area contributed by atoms with Crippen molar-refractivity contribution in [2.24, 2.45) is 5.73 Å². The largest absolute Gasteiger partial charge is 0.389 e. The van der Waals surface area contributed by atoms with E-state index in [0.29, 0.717) is 6.04 Å². The summed E-state index contributed by atoms with van der Waals surface area (Å²) in [6.45, 7) is 0. The number of hydrogen-bond acceptors (Lipinski definition) is 2. The number of nitrogens with two attached hydrogens (primary N) is 1. The Balaban J connectivity index is 2.41. The molecule has 5 heteroatoms. The van der Waals surface area contributed by atoms with Gasteiger partial charge in [0.15, 0.2) is 11.6 Å². The Bertz CT molecular complexity index is 444. The highest BCUT2D eigenvalue weighted by atomic mass is 32.1. The van der Waals surface area contributed by atoms with Crippen LogP contribution in [0.15, 0.2) is 12.1 Å². The van der Waals surface area contributed by atoms with E-state index in [0.717, 1.165) is 12.8 Å². The van der Waals surface area contributed by atoms with Crippen LogP contribution in [0.4, 0.5) is 14.5 Å². The zero-order valence-electron chi connectivity index (χ0n) is 8.84. The molecular weight excluding hydrogens is 230 g/mol. The lowest BCUT2D eigenvalue weighted by atomic mass is 10.1. The minimum absolute atomic E-state index is 0.0413. The van der Waals surface area contributed by atoms with Crippen LogP contribution in [0, 0.1) is 11.6 Å². The predicted octanol–water partition coefficient (Wildman–Crippen LogP) is 2.20. The molecule has 16 heavy (non-hydrogen) atoms. The van der Waals surface area contributed by atoms with E-state index in [1.807, 2.05) is 0 Å². The lowest BCUT2D eigenvalue weighted by Gasteiger charge is -2.20. The Hall–Kier alpha value is -1.23. The van der Waals surface area contributed by atoms with Gasteiger partial charge >= 0.3 is 0 Å². The molecule has 0 heterocycles. The Morgan fingerprint density at radius 2 is 2.00 bits per heavy atom. The lowest BCUT2D eigenvalue weighted by molar-refractivity contribution is 0.506. The van der Waals surface area contributed by atoms with E-state index in [4.69, 9.17) is 5.73 Å². The normalized spacial score (nSPS) is 14.9. The summed E-state index contributed by atoms with van der Waals surface area (Å²) in [6.07, 6.45) is 2.04. The maximum atomic E-state index is 13.7. The summed E-state index contributed by atoms with van der Waals surface area (Å²) >= 11 is 4.64. The molecule has 0 radical (unpaired) electrons. The molecule has 1 aliphatic carbocycles. The molecule has 0 bridgehead atoms. The average molecular weight is 242 g/mol. The van der Waals surface area contributed by atoms with Crippen molar-refractivity contribution in [2.75, 3.05) is 11.9 Å². The molecule has 0 aliphatic heterocycles. The summed E-state index contributed by atoms with van der Waals surface area (Å²) in [6, 6.07) is 3.27. The average Bonchev–Trinajstić information content (AvgIpc) is 3.04. The Labute approximate surface area is 98.0 Å². The summed E-state index contributed by atoms with van der Waals surface area (Å²) in [5.41, 5.74) is 5.52. The van der Waals surface area contributed by atoms with E-state index < -0.39 is 11.6 Å². The van der Waals surface area contributed by atoms with Crippen LogP contribution in [0.5, 0.6) is 0 Å². The van der Waals surface area contributed by atoms with Gasteiger partial charge in [0.25, 0.3) is 0 Å². The molecule has 2 nitrogen and oxygen atoms in total. The van der Waals surface area contributed by atoms with E-state index in [1.165, 1.54) is 12.1 Å². The number of benzene rings is 1. The van der Waals surface area contributed by atoms with Gasteiger partial charge in [0, 0.05) is 18.7 Å². The van der Waals surface area contributed by atoms with Gasteiger partial charge in [-0.3, -0.25) is 0 Å². The molecule has 2 N–H and O–H groups in total. The molecule has 1 aromatic carbocycles. The third-order valence-electron chi connectivity index (χ3n) is 2.80. The fourth-order valence-electron chi connectivity index (χ4n) is 1.66. The highest BCUT2D eigenvalue weighted by Crippen LogP contribution is 2.32. The van der Waals surface area contributed by atoms with Crippen molar-refractivity contribution in [1.29, 1.82) is 0 Å². The third kappa shape index (κ3) is 1.87. The van der Waals surface area contributed by atoms with Crippen molar-refractivity contribution in [3.05, 3.63) is 29.3 Å². The van der Waals surface area contributed by atoms with Gasteiger partial charge in [0.05, 0.1) is 5.69 Å². The molecule has 1 fully saturated rings. The van der Waals surface area contributed by atoms with E-state index in [-0.39, 0.29) is 16.2 Å². The van der Waals surface area contributed by atoms with Gasteiger partial charge in [0.1, 0.15) is 4.99 Å². The summed E-state index contributed by atoms with van der Waals surface area (Å²) in [5, 5.41) is 0. The molecule has 0 atom stereocenters. The molecule has 0 aromatic heterocycles. The summed E-state index contributed by atoms with van der Waals surface area (Å²) in [7, 11) is 1.76. The third-order valence-corrected chi connectivity index (χ3v) is 3.02. The fraction of sp³-hybridized carbons (Fsp3) is 0.364. The van der Waals surface area contributed by atoms with Crippen molar-refractivity contribution in [2.45, 2.75) is 18.9 Å². The Kier molecular flexibility index (Phi) is 2.80. The van der Waals surface area contributed by atoms with Crippen molar-refractivity contribution in [3.63, 3.8) is 0 Å². The second-order valence-corrected chi connectivity index (χ2v) is 4.41. The zero-order chi connectivity index (χ0) is 11.9. The van der Waals surface area contributed by atoms with Crippen molar-refractivity contribution in [3.8, 4) is 0 Å². The van der Waals surface area contributed by atoms with E-state index in [2.05, 4.69) is 12.2 Å². The number of nitrogens with zero attached hydrogens (tertiary/aromatic N) is 1. The first-order valence-corrected chi connectivity index (χ1v) is 5.44. The standard InChI is InChI=1S/C11H12F2N2S/c1-15(6-2-3-6)8-5-4-7(11(14)16)9(12)10(8)13/h4-6H,2-3H2,1H3,(H2,14,16). The van der Waals surface area contributed by atoms with Crippen molar-refractivity contribution >= 4 is 22.9 Å². The van der Waals surface area contributed by atoms with Crippen LogP contribution in [0.25, 0.3) is 0 Å². The topological polar surface area (TPSA) is 29.3 Å². The van der Waals surface area contributed by atoms with Crippen LogP contribution in [0.1, 0.15) is 18.4 Å². The van der Waals surface area contributed by atoms with E-state index in [9.17, 15) is 8.78 Å². The van der Waals surface area contributed by atoms with Crippen LogP contribution >= 0.6 is 12.2 Å². The number of rotatable bonds is 3. The van der Waals surface area contributed by atoms with Crippen LogP contribution in [-0.2, 0) is 0 Å². The van der Waals surface area contributed by atoms with Gasteiger partial charge in [-0.25, -0.2) is 8.78 Å².